The third-order valence-electron chi connectivity index (χ3n) is 11.0. The first-order chi connectivity index (χ1) is 23.9. The molecule has 2 N–H and O–H groups in total. The number of hydrogen-bond acceptors (Lipinski definition) is 8. The molecule has 0 amide bonds. The van der Waals surface area contributed by atoms with Gasteiger partial charge in [0.05, 0.1) is 19.6 Å². The van der Waals surface area contributed by atoms with Gasteiger partial charge in [-0.3, -0.25) is 0 Å². The summed E-state index contributed by atoms with van der Waals surface area (Å²) in [5.41, 5.74) is 6.53. The van der Waals surface area contributed by atoms with E-state index in [1.54, 1.807) is 42.5 Å². The predicted molar refractivity (Wildman–Crippen MR) is 200 cm³/mol. The Bertz CT molecular complexity index is 2100. The molecule has 0 aromatic heterocycles. The standard InChI is InChI=1S/2C20H24N2O2S/c1-14-3-5-15(6-4-14)25(23,24)16-7-8-19-18(13-16)17-9-11-22(2)12-10-20(17)21-19;1-14-4-3-5-15(12-14)25(23,24)16-6-7-19-18(13-16)17-8-10-22(2)11-9-20(17)21-19/h3-8,13,17,20-21H,9-12H2,1-2H3;3-7,12-13,17,20-21H,8-11H2,1-2H3/t2*17-,20+/m00/s1. The van der Waals surface area contributed by atoms with Crippen molar-refractivity contribution in [3.8, 4) is 0 Å². The van der Waals surface area contributed by atoms with Gasteiger partial charge in [0.1, 0.15) is 0 Å². The molecule has 0 spiro atoms. The van der Waals surface area contributed by atoms with Gasteiger partial charge in [0, 0.05) is 35.3 Å². The summed E-state index contributed by atoms with van der Waals surface area (Å²) in [6.07, 6.45) is 4.32. The Morgan fingerprint density at radius 1 is 0.520 bits per heavy atom. The van der Waals surface area contributed by atoms with Crippen LogP contribution in [0.15, 0.2) is 105 Å². The van der Waals surface area contributed by atoms with Gasteiger partial charge in [0.2, 0.25) is 19.7 Å². The molecule has 4 heterocycles. The molecule has 4 aliphatic rings. The van der Waals surface area contributed by atoms with Crippen LogP contribution in [0.3, 0.4) is 0 Å². The van der Waals surface area contributed by atoms with E-state index in [4.69, 9.17) is 0 Å². The lowest BCUT2D eigenvalue weighted by atomic mass is 9.91. The largest absolute Gasteiger partial charge is 0.381 e. The van der Waals surface area contributed by atoms with E-state index in [9.17, 15) is 16.8 Å². The maximum atomic E-state index is 13.0. The highest BCUT2D eigenvalue weighted by molar-refractivity contribution is 7.91. The molecule has 0 unspecified atom stereocenters. The maximum absolute atomic E-state index is 13.0. The van der Waals surface area contributed by atoms with Gasteiger partial charge in [-0.2, -0.15) is 0 Å². The minimum absolute atomic E-state index is 0.362. The van der Waals surface area contributed by atoms with Gasteiger partial charge in [0.25, 0.3) is 0 Å². The molecule has 0 saturated carbocycles. The topological polar surface area (TPSA) is 98.8 Å². The number of fused-ring (bicyclic) bond motifs is 6. The monoisotopic (exact) mass is 712 g/mol. The van der Waals surface area contributed by atoms with Crippen LogP contribution in [0, 0.1) is 13.8 Å². The zero-order chi connectivity index (χ0) is 35.2. The molecule has 50 heavy (non-hydrogen) atoms. The highest BCUT2D eigenvalue weighted by atomic mass is 32.2. The summed E-state index contributed by atoms with van der Waals surface area (Å²) in [7, 11) is -2.65. The lowest BCUT2D eigenvalue weighted by Gasteiger charge is -2.16. The molecule has 0 aliphatic carbocycles. The van der Waals surface area contributed by atoms with Crippen LogP contribution in [0.4, 0.5) is 11.4 Å². The molecule has 2 fully saturated rings. The number of sulfone groups is 2. The molecule has 8 nitrogen and oxygen atoms in total. The van der Waals surface area contributed by atoms with Crippen LogP contribution in [-0.4, -0.2) is 79.0 Å². The normalized spacial score (nSPS) is 23.4. The molecule has 4 aromatic rings. The first-order valence-electron chi connectivity index (χ1n) is 17.7. The van der Waals surface area contributed by atoms with Crippen LogP contribution in [0.1, 0.15) is 59.8 Å². The molecule has 8 rings (SSSR count). The third-order valence-corrected chi connectivity index (χ3v) is 14.6. The van der Waals surface area contributed by atoms with Crippen molar-refractivity contribution in [3.63, 3.8) is 0 Å². The summed E-state index contributed by atoms with van der Waals surface area (Å²) in [6.45, 7) is 8.14. The van der Waals surface area contributed by atoms with Crippen molar-refractivity contribution in [2.75, 3.05) is 50.9 Å². The number of benzene rings is 4. The summed E-state index contributed by atoms with van der Waals surface area (Å²) in [6, 6.07) is 26.2. The van der Waals surface area contributed by atoms with Crippen LogP contribution < -0.4 is 10.6 Å². The molecular formula is C40H48N4O4S2. The first-order valence-corrected chi connectivity index (χ1v) is 20.7. The third kappa shape index (κ3) is 6.83. The van der Waals surface area contributed by atoms with Crippen LogP contribution in [0.5, 0.6) is 0 Å². The minimum atomic E-state index is -3.48. The fraction of sp³-hybridized carbons (Fsp3) is 0.400. The molecule has 4 atom stereocenters. The van der Waals surface area contributed by atoms with Crippen molar-refractivity contribution in [3.05, 3.63) is 107 Å². The minimum Gasteiger partial charge on any atom is -0.381 e. The van der Waals surface area contributed by atoms with Crippen molar-refractivity contribution in [2.45, 2.75) is 83.0 Å². The van der Waals surface area contributed by atoms with Gasteiger partial charge < -0.3 is 20.4 Å². The van der Waals surface area contributed by atoms with Gasteiger partial charge >= 0.3 is 0 Å². The zero-order valence-electron chi connectivity index (χ0n) is 29.4. The smallest absolute Gasteiger partial charge is 0.206 e. The van der Waals surface area contributed by atoms with Crippen LogP contribution >= 0.6 is 0 Å². The Hall–Kier alpha value is -3.70. The zero-order valence-corrected chi connectivity index (χ0v) is 31.0. The maximum Gasteiger partial charge on any atom is 0.206 e. The van der Waals surface area contributed by atoms with Crippen LogP contribution in [0.2, 0.25) is 0 Å². The predicted octanol–water partition coefficient (Wildman–Crippen LogP) is 6.86. The summed E-state index contributed by atoms with van der Waals surface area (Å²) >= 11 is 0. The summed E-state index contributed by atoms with van der Waals surface area (Å²) in [5.74, 6) is 0.792. The van der Waals surface area contributed by atoms with Crippen LogP contribution in [-0.2, 0) is 19.7 Å². The lowest BCUT2D eigenvalue weighted by Crippen LogP contribution is -2.22. The van der Waals surface area contributed by atoms with Gasteiger partial charge in [-0.25, -0.2) is 16.8 Å². The number of likely N-dealkylation sites (tertiary alicyclic amines) is 2. The summed E-state index contributed by atoms with van der Waals surface area (Å²) in [4.78, 5) is 6.24. The Morgan fingerprint density at radius 3 is 1.46 bits per heavy atom. The molecule has 4 aromatic carbocycles. The van der Waals surface area contributed by atoms with E-state index in [1.807, 2.05) is 56.3 Å². The fourth-order valence-electron chi connectivity index (χ4n) is 8.02. The highest BCUT2D eigenvalue weighted by Gasteiger charge is 2.36. The quantitative estimate of drug-likeness (QED) is 0.237. The van der Waals surface area contributed by atoms with Crippen LogP contribution in [0.25, 0.3) is 0 Å². The van der Waals surface area contributed by atoms with Gasteiger partial charge in [-0.05, 0) is 157 Å². The highest BCUT2D eigenvalue weighted by Crippen LogP contribution is 2.43. The SMILES string of the molecule is Cc1ccc(S(=O)(=O)c2ccc3c(c2)[C@@H]2CCN(C)CC[C@H]2N3)cc1.Cc1cccc(S(=O)(=O)c2ccc3c(c2)[C@@H]2CCN(C)CC[C@H]2N3)c1. The second kappa shape index (κ2) is 13.8. The number of aryl methyl sites for hydroxylation is 2. The van der Waals surface area contributed by atoms with Crippen molar-refractivity contribution in [1.82, 2.24) is 9.80 Å². The molecule has 0 bridgehead atoms. The number of hydrogen-bond donors (Lipinski definition) is 2. The van der Waals surface area contributed by atoms with Gasteiger partial charge in [-0.1, -0.05) is 29.8 Å². The average Bonchev–Trinajstić information content (AvgIpc) is 3.50. The second-order valence-corrected chi connectivity index (χ2v) is 18.5. The van der Waals surface area contributed by atoms with Crippen molar-refractivity contribution < 1.29 is 16.8 Å². The molecule has 2 saturated heterocycles. The Morgan fingerprint density at radius 2 is 0.960 bits per heavy atom. The van der Waals surface area contributed by atoms with Crippen molar-refractivity contribution >= 4 is 31.0 Å². The van der Waals surface area contributed by atoms with Gasteiger partial charge in [0.15, 0.2) is 0 Å². The van der Waals surface area contributed by atoms with E-state index in [2.05, 4.69) is 34.5 Å². The number of anilines is 2. The number of rotatable bonds is 4. The Kier molecular flexibility index (Phi) is 9.58. The van der Waals surface area contributed by atoms with Gasteiger partial charge in [-0.15, -0.1) is 0 Å². The Balaban J connectivity index is 0.000000157. The van der Waals surface area contributed by atoms with E-state index in [0.29, 0.717) is 43.5 Å². The lowest BCUT2D eigenvalue weighted by molar-refractivity contribution is 0.346. The van der Waals surface area contributed by atoms with Crippen molar-refractivity contribution in [2.24, 2.45) is 0 Å². The van der Waals surface area contributed by atoms with E-state index in [1.165, 1.54) is 0 Å². The van der Waals surface area contributed by atoms with Crippen molar-refractivity contribution in [1.29, 1.82) is 0 Å². The summed E-state index contributed by atoms with van der Waals surface area (Å²) < 4.78 is 52.1. The number of nitrogens with one attached hydrogen (secondary N) is 2. The van der Waals surface area contributed by atoms with E-state index < -0.39 is 19.7 Å². The van der Waals surface area contributed by atoms with E-state index in [-0.39, 0.29) is 0 Å². The van der Waals surface area contributed by atoms with E-state index >= 15 is 0 Å². The average molecular weight is 713 g/mol. The Labute approximate surface area is 297 Å². The molecule has 264 valence electrons. The first kappa shape index (κ1) is 34.7. The summed E-state index contributed by atoms with van der Waals surface area (Å²) in [5, 5.41) is 7.20. The molecule has 4 aliphatic heterocycles. The second-order valence-electron chi connectivity index (χ2n) is 14.6. The molecule has 0 radical (unpaired) electrons. The van der Waals surface area contributed by atoms with E-state index in [0.717, 1.165) is 85.5 Å². The molecular weight excluding hydrogens is 665 g/mol. The fourth-order valence-corrected chi connectivity index (χ4v) is 10.7. The number of nitrogens with zero attached hydrogens (tertiary/aromatic N) is 2. The molecule has 10 heteroatoms.